The highest BCUT2D eigenvalue weighted by Crippen LogP contribution is 2.29. The number of benzene rings is 2. The molecular formula is C15H10F2. The molecular weight excluding hydrogens is 218 g/mol. The molecule has 0 atom stereocenters. The Morgan fingerprint density at radius 1 is 1.00 bits per heavy atom. The summed E-state index contributed by atoms with van der Waals surface area (Å²) in [7, 11) is 0. The molecule has 17 heavy (non-hydrogen) atoms. The fraction of sp³-hybridized carbons (Fsp3) is 0.0667. The van der Waals surface area contributed by atoms with Gasteiger partial charge in [-0.15, -0.1) is 0 Å². The molecule has 0 saturated heterocycles. The first kappa shape index (κ1) is 10.2. The monoisotopic (exact) mass is 228 g/mol. The molecule has 0 aromatic heterocycles. The Balaban J connectivity index is 2.16. The van der Waals surface area contributed by atoms with E-state index in [0.29, 0.717) is 11.1 Å². The van der Waals surface area contributed by atoms with Gasteiger partial charge in [-0.3, -0.25) is 0 Å². The molecule has 0 unspecified atom stereocenters. The molecule has 0 N–H and O–H groups in total. The predicted octanol–water partition coefficient (Wildman–Crippen LogP) is 4.20. The molecule has 0 bridgehead atoms. The van der Waals surface area contributed by atoms with Crippen LogP contribution in [0.1, 0.15) is 11.1 Å². The molecule has 0 amide bonds. The fourth-order valence-corrected chi connectivity index (χ4v) is 2.14. The molecule has 0 heterocycles. The van der Waals surface area contributed by atoms with Gasteiger partial charge in [0, 0.05) is 5.56 Å². The first-order valence-corrected chi connectivity index (χ1v) is 5.49. The molecule has 84 valence electrons. The highest BCUT2D eigenvalue weighted by molar-refractivity contribution is 5.71. The van der Waals surface area contributed by atoms with Gasteiger partial charge in [-0.2, -0.15) is 0 Å². The van der Waals surface area contributed by atoms with Crippen LogP contribution >= 0.6 is 0 Å². The van der Waals surface area contributed by atoms with Gasteiger partial charge in [-0.25, -0.2) is 8.78 Å². The lowest BCUT2D eigenvalue weighted by Gasteiger charge is -2.06. The summed E-state index contributed by atoms with van der Waals surface area (Å²) >= 11 is 0. The number of allylic oxidation sites excluding steroid dienone is 1. The van der Waals surface area contributed by atoms with Gasteiger partial charge in [-0.1, -0.05) is 36.4 Å². The maximum absolute atomic E-state index is 13.6. The lowest BCUT2D eigenvalue weighted by Crippen LogP contribution is -1.90. The summed E-state index contributed by atoms with van der Waals surface area (Å²) in [6.45, 7) is 0. The normalized spacial score (nSPS) is 12.8. The van der Waals surface area contributed by atoms with Gasteiger partial charge in [0.2, 0.25) is 0 Å². The molecule has 3 rings (SSSR count). The Kier molecular flexibility index (Phi) is 2.29. The summed E-state index contributed by atoms with van der Waals surface area (Å²) in [5.41, 5.74) is 3.34. The van der Waals surface area contributed by atoms with Gasteiger partial charge in [0.25, 0.3) is 0 Å². The zero-order chi connectivity index (χ0) is 11.8. The van der Waals surface area contributed by atoms with E-state index < -0.39 is 11.6 Å². The Morgan fingerprint density at radius 2 is 1.88 bits per heavy atom. The Bertz CT molecular complexity index is 612. The summed E-state index contributed by atoms with van der Waals surface area (Å²) < 4.78 is 26.8. The first-order chi connectivity index (χ1) is 8.25. The molecule has 0 nitrogen and oxygen atoms in total. The van der Waals surface area contributed by atoms with Crippen LogP contribution in [-0.4, -0.2) is 0 Å². The Labute approximate surface area is 98.2 Å². The zero-order valence-electron chi connectivity index (χ0n) is 9.08. The molecule has 0 fully saturated rings. The quantitative estimate of drug-likeness (QED) is 0.686. The van der Waals surface area contributed by atoms with Crippen molar-refractivity contribution in [3.63, 3.8) is 0 Å². The summed E-state index contributed by atoms with van der Waals surface area (Å²) in [6, 6.07) is 9.96. The van der Waals surface area contributed by atoms with Crippen LogP contribution < -0.4 is 0 Å². The second-order valence-corrected chi connectivity index (χ2v) is 4.12. The molecule has 0 aliphatic heterocycles. The maximum Gasteiger partial charge on any atom is 0.166 e. The average Bonchev–Trinajstić information content (AvgIpc) is 2.79. The van der Waals surface area contributed by atoms with Crippen molar-refractivity contribution < 1.29 is 8.78 Å². The van der Waals surface area contributed by atoms with Crippen molar-refractivity contribution in [3.05, 3.63) is 65.2 Å². The SMILES string of the molecule is Fc1cccc(-c2ccc3c(c2)C=CC3)c1F. The highest BCUT2D eigenvalue weighted by Gasteiger charge is 2.12. The fourth-order valence-electron chi connectivity index (χ4n) is 2.14. The van der Waals surface area contributed by atoms with Gasteiger partial charge in [0.15, 0.2) is 11.6 Å². The molecule has 2 aromatic carbocycles. The van der Waals surface area contributed by atoms with E-state index in [4.69, 9.17) is 0 Å². The van der Waals surface area contributed by atoms with Crippen molar-refractivity contribution in [3.8, 4) is 11.1 Å². The third-order valence-electron chi connectivity index (χ3n) is 3.04. The van der Waals surface area contributed by atoms with Crippen LogP contribution in [0.3, 0.4) is 0 Å². The van der Waals surface area contributed by atoms with Gasteiger partial charge in [0.05, 0.1) is 0 Å². The molecule has 0 saturated carbocycles. The van der Waals surface area contributed by atoms with E-state index in [1.54, 1.807) is 6.07 Å². The van der Waals surface area contributed by atoms with E-state index in [1.807, 2.05) is 24.3 Å². The van der Waals surface area contributed by atoms with Crippen LogP contribution in [0.5, 0.6) is 0 Å². The first-order valence-electron chi connectivity index (χ1n) is 5.49. The minimum Gasteiger partial charge on any atom is -0.204 e. The van der Waals surface area contributed by atoms with Crippen LogP contribution in [0, 0.1) is 11.6 Å². The van der Waals surface area contributed by atoms with E-state index in [1.165, 1.54) is 11.6 Å². The Hall–Kier alpha value is -1.96. The van der Waals surface area contributed by atoms with E-state index in [-0.39, 0.29) is 0 Å². The van der Waals surface area contributed by atoms with E-state index in [0.717, 1.165) is 18.1 Å². The molecule has 0 radical (unpaired) electrons. The minimum atomic E-state index is -0.807. The van der Waals surface area contributed by atoms with Crippen molar-refractivity contribution >= 4 is 6.08 Å². The van der Waals surface area contributed by atoms with Crippen LogP contribution in [-0.2, 0) is 6.42 Å². The van der Waals surface area contributed by atoms with Crippen molar-refractivity contribution in [2.24, 2.45) is 0 Å². The standard InChI is InChI=1S/C15H10F2/c16-14-6-2-5-13(15(14)17)12-8-7-10-3-1-4-11(10)9-12/h1-2,4-9H,3H2. The Morgan fingerprint density at radius 3 is 2.76 bits per heavy atom. The van der Waals surface area contributed by atoms with Crippen molar-refractivity contribution in [2.75, 3.05) is 0 Å². The number of halogens is 2. The number of rotatable bonds is 1. The van der Waals surface area contributed by atoms with E-state index in [2.05, 4.69) is 6.08 Å². The highest BCUT2D eigenvalue weighted by atomic mass is 19.2. The predicted molar refractivity (Wildman–Crippen MR) is 64.5 cm³/mol. The van der Waals surface area contributed by atoms with E-state index in [9.17, 15) is 8.78 Å². The van der Waals surface area contributed by atoms with Gasteiger partial charge >= 0.3 is 0 Å². The third-order valence-corrected chi connectivity index (χ3v) is 3.04. The van der Waals surface area contributed by atoms with Crippen molar-refractivity contribution in [1.82, 2.24) is 0 Å². The lowest BCUT2D eigenvalue weighted by atomic mass is 10.00. The second kappa shape index (κ2) is 3.81. The summed E-state index contributed by atoms with van der Waals surface area (Å²) in [5, 5.41) is 0. The van der Waals surface area contributed by atoms with Crippen LogP contribution in [0.2, 0.25) is 0 Å². The topological polar surface area (TPSA) is 0 Å². The average molecular weight is 228 g/mol. The molecule has 2 heteroatoms. The summed E-state index contributed by atoms with van der Waals surface area (Å²) in [4.78, 5) is 0. The zero-order valence-corrected chi connectivity index (χ0v) is 9.08. The summed E-state index contributed by atoms with van der Waals surface area (Å²) in [6.07, 6.45) is 4.99. The van der Waals surface area contributed by atoms with Crippen LogP contribution in [0.4, 0.5) is 8.78 Å². The molecule has 0 spiro atoms. The van der Waals surface area contributed by atoms with Gasteiger partial charge < -0.3 is 0 Å². The van der Waals surface area contributed by atoms with Crippen molar-refractivity contribution in [2.45, 2.75) is 6.42 Å². The van der Waals surface area contributed by atoms with Gasteiger partial charge in [-0.05, 0) is 35.2 Å². The number of fused-ring (bicyclic) bond motifs is 1. The second-order valence-electron chi connectivity index (χ2n) is 4.12. The molecule has 2 aromatic rings. The lowest BCUT2D eigenvalue weighted by molar-refractivity contribution is 0.511. The van der Waals surface area contributed by atoms with E-state index >= 15 is 0 Å². The van der Waals surface area contributed by atoms with Crippen LogP contribution in [0.25, 0.3) is 17.2 Å². The smallest absolute Gasteiger partial charge is 0.166 e. The molecule has 1 aliphatic rings. The van der Waals surface area contributed by atoms with Crippen molar-refractivity contribution in [1.29, 1.82) is 0 Å². The maximum atomic E-state index is 13.6. The number of hydrogen-bond acceptors (Lipinski definition) is 0. The van der Waals surface area contributed by atoms with Gasteiger partial charge in [0.1, 0.15) is 0 Å². The van der Waals surface area contributed by atoms with Crippen LogP contribution in [0.15, 0.2) is 42.5 Å². The minimum absolute atomic E-state index is 0.313. The number of hydrogen-bond donors (Lipinski definition) is 0. The largest absolute Gasteiger partial charge is 0.204 e. The summed E-state index contributed by atoms with van der Waals surface area (Å²) in [5.74, 6) is -1.59. The third kappa shape index (κ3) is 1.66. The molecule has 1 aliphatic carbocycles.